The van der Waals surface area contributed by atoms with Gasteiger partial charge in [0.2, 0.25) is 0 Å². The lowest BCUT2D eigenvalue weighted by molar-refractivity contribution is 0.179. The van der Waals surface area contributed by atoms with Gasteiger partial charge >= 0.3 is 0 Å². The molecule has 4 nitrogen and oxygen atoms in total. The Kier molecular flexibility index (Phi) is 6.19. The van der Waals surface area contributed by atoms with E-state index in [1.807, 2.05) is 18.5 Å². The summed E-state index contributed by atoms with van der Waals surface area (Å²) in [6.07, 6.45) is 10.4. The highest BCUT2D eigenvalue weighted by molar-refractivity contribution is 7.98. The highest BCUT2D eigenvalue weighted by Crippen LogP contribution is 2.50. The Balaban J connectivity index is 1.30. The first-order chi connectivity index (χ1) is 14.0. The summed E-state index contributed by atoms with van der Waals surface area (Å²) in [7, 11) is 0. The fourth-order valence-corrected chi connectivity index (χ4v) is 5.02. The van der Waals surface area contributed by atoms with E-state index < -0.39 is 0 Å². The second-order valence-electron chi connectivity index (χ2n) is 8.15. The van der Waals surface area contributed by atoms with Crippen LogP contribution >= 0.6 is 23.4 Å². The summed E-state index contributed by atoms with van der Waals surface area (Å²) in [6.45, 7) is 9.78. The summed E-state index contributed by atoms with van der Waals surface area (Å²) in [4.78, 5) is 11.6. The molecule has 0 aliphatic carbocycles. The monoisotopic (exact) mass is 428 g/mol. The topological polar surface area (TPSA) is 41.0 Å². The van der Waals surface area contributed by atoms with E-state index in [1.165, 1.54) is 16.8 Å². The van der Waals surface area contributed by atoms with E-state index in [9.17, 15) is 0 Å². The second kappa shape index (κ2) is 8.66. The maximum Gasteiger partial charge on any atom is 0.140 e. The molecule has 1 unspecified atom stereocenters. The zero-order chi connectivity index (χ0) is 20.4. The molecule has 29 heavy (non-hydrogen) atoms. The lowest BCUT2D eigenvalue weighted by Gasteiger charge is -2.40. The predicted octanol–water partition coefficient (Wildman–Crippen LogP) is 5.46. The third-order valence-electron chi connectivity index (χ3n) is 6.45. The molecule has 4 rings (SSSR count). The van der Waals surface area contributed by atoms with E-state index in [0.29, 0.717) is 5.25 Å². The van der Waals surface area contributed by atoms with Gasteiger partial charge < -0.3 is 10.2 Å². The van der Waals surface area contributed by atoms with Crippen molar-refractivity contribution in [3.05, 3.63) is 64.8 Å². The van der Waals surface area contributed by atoms with Crippen LogP contribution in [0.1, 0.15) is 48.4 Å². The molecule has 3 heterocycles. The van der Waals surface area contributed by atoms with Crippen LogP contribution in [0, 0.1) is 0 Å². The quantitative estimate of drug-likeness (QED) is 0.661. The number of fused-ring (bicyclic) bond motifs is 2. The molecule has 0 bridgehead atoms. The van der Waals surface area contributed by atoms with Crippen LogP contribution < -0.4 is 5.32 Å². The number of piperidine rings is 1. The SMILES string of the molecule is C=C1Nc2ccc(Cl)cc2C12CCN(CCCc1cnc(C(C)SC)nc1)CC2. The van der Waals surface area contributed by atoms with Crippen molar-refractivity contribution < 1.29 is 0 Å². The summed E-state index contributed by atoms with van der Waals surface area (Å²) in [5, 5.41) is 4.65. The molecule has 1 aromatic heterocycles. The summed E-state index contributed by atoms with van der Waals surface area (Å²) in [6, 6.07) is 6.16. The van der Waals surface area contributed by atoms with Crippen molar-refractivity contribution in [2.45, 2.75) is 43.3 Å². The van der Waals surface area contributed by atoms with Crippen LogP contribution in [0.3, 0.4) is 0 Å². The molecule has 0 saturated carbocycles. The molecule has 154 valence electrons. The zero-order valence-corrected chi connectivity index (χ0v) is 18.8. The molecule has 0 amide bonds. The normalized spacial score (nSPS) is 19.2. The van der Waals surface area contributed by atoms with Gasteiger partial charge in [0.25, 0.3) is 0 Å². The number of aryl methyl sites for hydroxylation is 1. The molecule has 2 aliphatic heterocycles. The van der Waals surface area contributed by atoms with Crippen molar-refractivity contribution in [1.82, 2.24) is 14.9 Å². The van der Waals surface area contributed by atoms with Crippen molar-refractivity contribution in [2.75, 3.05) is 31.2 Å². The van der Waals surface area contributed by atoms with Gasteiger partial charge in [0.15, 0.2) is 0 Å². The van der Waals surface area contributed by atoms with E-state index in [0.717, 1.165) is 61.9 Å². The summed E-state index contributed by atoms with van der Waals surface area (Å²) >= 11 is 8.06. The van der Waals surface area contributed by atoms with Crippen LogP contribution in [0.25, 0.3) is 0 Å². The smallest absolute Gasteiger partial charge is 0.140 e. The molecule has 1 fully saturated rings. The van der Waals surface area contributed by atoms with Gasteiger partial charge in [-0.25, -0.2) is 9.97 Å². The number of anilines is 1. The number of nitrogens with one attached hydrogen (secondary N) is 1. The molecule has 2 aliphatic rings. The molecule has 1 N–H and O–H groups in total. The molecular weight excluding hydrogens is 400 g/mol. The van der Waals surface area contributed by atoms with Crippen molar-refractivity contribution >= 4 is 29.1 Å². The van der Waals surface area contributed by atoms with Gasteiger partial charge in [-0.1, -0.05) is 18.2 Å². The van der Waals surface area contributed by atoms with E-state index >= 15 is 0 Å². The van der Waals surface area contributed by atoms with Gasteiger partial charge in [-0.05, 0) is 87.8 Å². The Morgan fingerprint density at radius 2 is 2.00 bits per heavy atom. The Morgan fingerprint density at radius 3 is 2.69 bits per heavy atom. The Labute approximate surface area is 183 Å². The van der Waals surface area contributed by atoms with Crippen LogP contribution in [-0.2, 0) is 11.8 Å². The minimum atomic E-state index is 0.0361. The van der Waals surface area contributed by atoms with Crippen LogP contribution in [0.15, 0.2) is 42.9 Å². The van der Waals surface area contributed by atoms with E-state index in [-0.39, 0.29) is 5.41 Å². The predicted molar refractivity (Wildman–Crippen MR) is 124 cm³/mol. The summed E-state index contributed by atoms with van der Waals surface area (Å²) in [5.74, 6) is 0.924. The number of allylic oxidation sites excluding steroid dienone is 1. The molecule has 1 atom stereocenters. The largest absolute Gasteiger partial charge is 0.358 e. The summed E-state index contributed by atoms with van der Waals surface area (Å²) in [5.41, 5.74) is 4.89. The Morgan fingerprint density at radius 1 is 1.28 bits per heavy atom. The van der Waals surface area contributed by atoms with Gasteiger partial charge in [0.05, 0.1) is 5.25 Å². The van der Waals surface area contributed by atoms with E-state index in [1.54, 1.807) is 11.8 Å². The highest BCUT2D eigenvalue weighted by Gasteiger charge is 2.44. The van der Waals surface area contributed by atoms with Crippen LogP contribution in [0.5, 0.6) is 0 Å². The number of hydrogen-bond acceptors (Lipinski definition) is 5. The van der Waals surface area contributed by atoms with E-state index in [2.05, 4.69) is 52.1 Å². The standard InChI is InChI=1S/C23H29ClN4S/c1-16(29-3)22-25-14-18(15-26-22)5-4-10-28-11-8-23(9-12-28)17(2)27-21-7-6-19(24)13-20(21)23/h6-7,13-16,27H,2,4-5,8-12H2,1,3H3. The van der Waals surface area contributed by atoms with Crippen LogP contribution in [0.2, 0.25) is 5.02 Å². The number of thioether (sulfide) groups is 1. The lowest BCUT2D eigenvalue weighted by atomic mass is 9.72. The van der Waals surface area contributed by atoms with Gasteiger partial charge in [0, 0.05) is 34.2 Å². The fourth-order valence-electron chi connectivity index (χ4n) is 4.51. The molecule has 1 saturated heterocycles. The first kappa shape index (κ1) is 20.7. The zero-order valence-electron chi connectivity index (χ0n) is 17.2. The van der Waals surface area contributed by atoms with Gasteiger partial charge in [-0.15, -0.1) is 0 Å². The van der Waals surface area contributed by atoms with Gasteiger partial charge in [0.1, 0.15) is 5.82 Å². The number of hydrogen-bond donors (Lipinski definition) is 1. The Bertz CT molecular complexity index is 875. The average molecular weight is 429 g/mol. The molecule has 1 spiro atoms. The number of halogens is 1. The van der Waals surface area contributed by atoms with Crippen molar-refractivity contribution in [1.29, 1.82) is 0 Å². The number of nitrogens with zero attached hydrogens (tertiary/aromatic N) is 3. The van der Waals surface area contributed by atoms with Crippen molar-refractivity contribution in [3.63, 3.8) is 0 Å². The number of aromatic nitrogens is 2. The lowest BCUT2D eigenvalue weighted by Crippen LogP contribution is -2.43. The van der Waals surface area contributed by atoms with Crippen molar-refractivity contribution in [2.24, 2.45) is 0 Å². The van der Waals surface area contributed by atoms with Crippen molar-refractivity contribution in [3.8, 4) is 0 Å². The molecule has 2 aromatic rings. The third kappa shape index (κ3) is 4.18. The molecule has 6 heteroatoms. The maximum atomic E-state index is 6.28. The third-order valence-corrected chi connectivity index (χ3v) is 7.61. The second-order valence-corrected chi connectivity index (χ2v) is 9.76. The Hall–Kier alpha value is -1.56. The minimum absolute atomic E-state index is 0.0361. The van der Waals surface area contributed by atoms with E-state index in [4.69, 9.17) is 11.6 Å². The van der Waals surface area contributed by atoms with Gasteiger partial charge in [-0.3, -0.25) is 0 Å². The molecule has 0 radical (unpaired) electrons. The average Bonchev–Trinajstić information content (AvgIpc) is 3.00. The van der Waals surface area contributed by atoms with Gasteiger partial charge in [-0.2, -0.15) is 11.8 Å². The first-order valence-corrected chi connectivity index (χ1v) is 12.0. The number of likely N-dealkylation sites (tertiary alicyclic amines) is 1. The minimum Gasteiger partial charge on any atom is -0.358 e. The maximum absolute atomic E-state index is 6.28. The number of benzene rings is 1. The highest BCUT2D eigenvalue weighted by atomic mass is 35.5. The first-order valence-electron chi connectivity index (χ1n) is 10.3. The number of rotatable bonds is 6. The summed E-state index contributed by atoms with van der Waals surface area (Å²) < 4.78 is 0. The van der Waals surface area contributed by atoms with Crippen LogP contribution in [-0.4, -0.2) is 40.8 Å². The fraction of sp³-hybridized carbons (Fsp3) is 0.478. The molecular formula is C23H29ClN4S. The molecule has 1 aromatic carbocycles. The van der Waals surface area contributed by atoms with Crippen LogP contribution in [0.4, 0.5) is 5.69 Å².